The molecular formula is C9H18N2O2. The summed E-state index contributed by atoms with van der Waals surface area (Å²) >= 11 is 0. The van der Waals surface area contributed by atoms with Gasteiger partial charge in [0.1, 0.15) is 6.17 Å². The minimum Gasteiger partial charge on any atom is -0.312 e. The zero-order chi connectivity index (χ0) is 9.42. The number of hydroxylamine groups is 4. The van der Waals surface area contributed by atoms with Crippen molar-refractivity contribution in [1.29, 1.82) is 0 Å². The Morgan fingerprint density at radius 2 is 1.38 bits per heavy atom. The van der Waals surface area contributed by atoms with E-state index in [1.807, 2.05) is 6.92 Å². The van der Waals surface area contributed by atoms with Crippen LogP contribution in [-0.4, -0.2) is 38.8 Å². The summed E-state index contributed by atoms with van der Waals surface area (Å²) in [5.41, 5.74) is 0. The number of rotatable bonds is 0. The molecule has 2 atom stereocenters. The molecule has 0 aromatic heterocycles. The third-order valence-electron chi connectivity index (χ3n) is 3.39. The van der Waals surface area contributed by atoms with Gasteiger partial charge >= 0.3 is 0 Å². The van der Waals surface area contributed by atoms with Crippen molar-refractivity contribution in [1.82, 2.24) is 10.1 Å². The first-order valence-corrected chi connectivity index (χ1v) is 5.16. The van der Waals surface area contributed by atoms with Gasteiger partial charge in [-0.2, -0.15) is 10.1 Å². The van der Waals surface area contributed by atoms with Crippen LogP contribution in [0.5, 0.6) is 0 Å². The van der Waals surface area contributed by atoms with E-state index in [2.05, 4.69) is 0 Å². The maximum absolute atomic E-state index is 9.72. The Morgan fingerprint density at radius 1 is 0.923 bits per heavy atom. The molecule has 1 aliphatic carbocycles. The van der Waals surface area contributed by atoms with Crippen LogP contribution >= 0.6 is 0 Å². The van der Waals surface area contributed by atoms with Crippen LogP contribution in [0.1, 0.15) is 39.0 Å². The fourth-order valence-corrected chi connectivity index (χ4v) is 2.56. The van der Waals surface area contributed by atoms with E-state index in [1.54, 1.807) is 0 Å². The van der Waals surface area contributed by atoms with Gasteiger partial charge in [0.2, 0.25) is 0 Å². The fraction of sp³-hybridized carbons (Fsp3) is 1.00. The van der Waals surface area contributed by atoms with Gasteiger partial charge in [0.25, 0.3) is 0 Å². The quantitative estimate of drug-likeness (QED) is 0.601. The highest BCUT2D eigenvalue weighted by atomic mass is 16.6. The van der Waals surface area contributed by atoms with Gasteiger partial charge in [-0.1, -0.05) is 19.3 Å². The van der Waals surface area contributed by atoms with E-state index in [-0.39, 0.29) is 18.2 Å². The lowest BCUT2D eigenvalue weighted by atomic mass is 10.1. The van der Waals surface area contributed by atoms with Crippen LogP contribution in [0.4, 0.5) is 0 Å². The molecule has 0 unspecified atom stereocenters. The number of hydrogen-bond acceptors (Lipinski definition) is 4. The predicted octanol–water partition coefficient (Wildman–Crippen LogP) is 1.43. The van der Waals surface area contributed by atoms with Gasteiger partial charge in [-0.15, -0.1) is 0 Å². The van der Waals surface area contributed by atoms with Crippen LogP contribution in [0.25, 0.3) is 0 Å². The van der Waals surface area contributed by atoms with E-state index in [0.29, 0.717) is 0 Å². The summed E-state index contributed by atoms with van der Waals surface area (Å²) in [6.45, 7) is 1.83. The summed E-state index contributed by atoms with van der Waals surface area (Å²) in [6, 6.07) is 0.282. The van der Waals surface area contributed by atoms with Gasteiger partial charge in [0.15, 0.2) is 0 Å². The van der Waals surface area contributed by atoms with Crippen molar-refractivity contribution in [3.63, 3.8) is 0 Å². The minimum atomic E-state index is -0.243. The van der Waals surface area contributed by atoms with Gasteiger partial charge in [-0.05, 0) is 19.8 Å². The molecule has 2 rings (SSSR count). The van der Waals surface area contributed by atoms with Crippen LogP contribution in [0, 0.1) is 0 Å². The average Bonchev–Trinajstić information content (AvgIpc) is 2.40. The van der Waals surface area contributed by atoms with Gasteiger partial charge in [0.05, 0.1) is 12.1 Å². The van der Waals surface area contributed by atoms with Gasteiger partial charge < -0.3 is 10.4 Å². The molecule has 4 heteroatoms. The van der Waals surface area contributed by atoms with Crippen LogP contribution in [0.3, 0.4) is 0 Å². The summed E-state index contributed by atoms with van der Waals surface area (Å²) in [5.74, 6) is 0. The molecule has 2 N–H and O–H groups in total. The Labute approximate surface area is 78.7 Å². The molecule has 1 saturated heterocycles. The molecule has 76 valence electrons. The summed E-state index contributed by atoms with van der Waals surface area (Å²) in [5, 5.41) is 22.1. The van der Waals surface area contributed by atoms with E-state index in [1.165, 1.54) is 29.4 Å². The van der Waals surface area contributed by atoms with Gasteiger partial charge in [-0.25, -0.2) is 0 Å². The lowest BCUT2D eigenvalue weighted by molar-refractivity contribution is -0.202. The van der Waals surface area contributed by atoms with Crippen molar-refractivity contribution in [3.05, 3.63) is 0 Å². The Kier molecular flexibility index (Phi) is 2.55. The number of nitrogens with zero attached hydrogens (tertiary/aromatic N) is 2. The van der Waals surface area contributed by atoms with Crippen molar-refractivity contribution in [2.75, 3.05) is 0 Å². The molecule has 13 heavy (non-hydrogen) atoms. The monoisotopic (exact) mass is 186 g/mol. The summed E-state index contributed by atoms with van der Waals surface area (Å²) in [7, 11) is 0. The highest BCUT2D eigenvalue weighted by Gasteiger charge is 2.44. The van der Waals surface area contributed by atoms with E-state index < -0.39 is 0 Å². The molecule has 1 aliphatic heterocycles. The molecule has 0 amide bonds. The van der Waals surface area contributed by atoms with E-state index in [4.69, 9.17) is 0 Å². The normalized spacial score (nSPS) is 39.0. The van der Waals surface area contributed by atoms with Crippen molar-refractivity contribution in [2.24, 2.45) is 0 Å². The lowest BCUT2D eigenvalue weighted by Gasteiger charge is -2.20. The maximum atomic E-state index is 9.72. The third-order valence-corrected chi connectivity index (χ3v) is 3.39. The standard InChI is InChI=1S/C9H18N2O2/c1-7-10(12)8-5-3-2-4-6-9(8)11(7)13/h7-9,12-13H,2-6H2,1H3/t8-,9-/m1/s1. The van der Waals surface area contributed by atoms with Crippen molar-refractivity contribution >= 4 is 0 Å². The largest absolute Gasteiger partial charge is 0.312 e. The molecule has 2 fully saturated rings. The molecule has 1 saturated carbocycles. The lowest BCUT2D eigenvalue weighted by Crippen LogP contribution is -2.34. The number of hydrogen-bond donors (Lipinski definition) is 2. The second kappa shape index (κ2) is 3.53. The fourth-order valence-electron chi connectivity index (χ4n) is 2.56. The molecule has 0 aromatic carbocycles. The Bertz CT molecular complexity index is 170. The molecule has 2 aliphatic rings. The van der Waals surface area contributed by atoms with Crippen molar-refractivity contribution in [3.8, 4) is 0 Å². The Hall–Kier alpha value is -0.160. The highest BCUT2D eigenvalue weighted by molar-refractivity contribution is 4.91. The molecule has 0 bridgehead atoms. The zero-order valence-electron chi connectivity index (χ0n) is 8.06. The maximum Gasteiger partial charge on any atom is 0.108 e. The molecule has 1 heterocycles. The Balaban J connectivity index is 2.13. The van der Waals surface area contributed by atoms with Crippen LogP contribution in [-0.2, 0) is 0 Å². The Morgan fingerprint density at radius 3 is 1.85 bits per heavy atom. The average molecular weight is 186 g/mol. The topological polar surface area (TPSA) is 46.9 Å². The molecule has 0 radical (unpaired) electrons. The number of fused-ring (bicyclic) bond motifs is 1. The SMILES string of the molecule is CC1N(O)[C@@H]2CCCCC[C@H]2N1O. The van der Waals surface area contributed by atoms with Crippen molar-refractivity contribution < 1.29 is 10.4 Å². The predicted molar refractivity (Wildman–Crippen MR) is 47.4 cm³/mol. The summed E-state index contributed by atoms with van der Waals surface area (Å²) in [6.07, 6.45) is 5.32. The van der Waals surface area contributed by atoms with E-state index >= 15 is 0 Å². The van der Waals surface area contributed by atoms with Gasteiger partial charge in [-0.3, -0.25) is 0 Å². The summed E-state index contributed by atoms with van der Waals surface area (Å²) in [4.78, 5) is 0. The molecule has 0 aromatic rings. The van der Waals surface area contributed by atoms with Crippen LogP contribution in [0.15, 0.2) is 0 Å². The van der Waals surface area contributed by atoms with E-state index in [0.717, 1.165) is 12.8 Å². The highest BCUT2D eigenvalue weighted by Crippen LogP contribution is 2.32. The van der Waals surface area contributed by atoms with E-state index in [9.17, 15) is 10.4 Å². The van der Waals surface area contributed by atoms with Crippen molar-refractivity contribution in [2.45, 2.75) is 57.3 Å². The molecule has 4 nitrogen and oxygen atoms in total. The molecule has 0 spiro atoms. The zero-order valence-corrected chi connectivity index (χ0v) is 8.06. The minimum absolute atomic E-state index is 0.141. The second-order valence-corrected chi connectivity index (χ2v) is 4.16. The van der Waals surface area contributed by atoms with Crippen LogP contribution < -0.4 is 0 Å². The first kappa shape index (κ1) is 9.40. The van der Waals surface area contributed by atoms with Crippen LogP contribution in [0.2, 0.25) is 0 Å². The molecular weight excluding hydrogens is 168 g/mol. The summed E-state index contributed by atoms with van der Waals surface area (Å²) < 4.78 is 0. The first-order valence-electron chi connectivity index (χ1n) is 5.16. The first-order chi connectivity index (χ1) is 6.22. The third kappa shape index (κ3) is 1.48. The smallest absolute Gasteiger partial charge is 0.108 e. The van der Waals surface area contributed by atoms with Gasteiger partial charge in [0, 0.05) is 0 Å². The second-order valence-electron chi connectivity index (χ2n) is 4.16.